The zero-order valence-electron chi connectivity index (χ0n) is 12.9. The molecule has 122 valence electrons. The van der Waals surface area contributed by atoms with Gasteiger partial charge < -0.3 is 10.2 Å². The van der Waals surface area contributed by atoms with Gasteiger partial charge in [-0.25, -0.2) is 0 Å². The minimum absolute atomic E-state index is 0.0311. The summed E-state index contributed by atoms with van der Waals surface area (Å²) < 4.78 is 38.4. The third kappa shape index (κ3) is 3.43. The van der Waals surface area contributed by atoms with Crippen LogP contribution in [0.5, 0.6) is 0 Å². The van der Waals surface area contributed by atoms with Crippen LogP contribution in [0, 0.1) is 11.8 Å². The first-order valence-corrected chi connectivity index (χ1v) is 7.36. The maximum absolute atomic E-state index is 12.8. The Balaban J connectivity index is 2.12. The van der Waals surface area contributed by atoms with E-state index < -0.39 is 17.8 Å². The molecule has 1 saturated heterocycles. The number of carbonyl (C=O) groups excluding carboxylic acids is 1. The van der Waals surface area contributed by atoms with Crippen LogP contribution < -0.4 is 5.32 Å². The van der Waals surface area contributed by atoms with Crippen molar-refractivity contribution in [1.29, 1.82) is 0 Å². The van der Waals surface area contributed by atoms with Crippen LogP contribution in [0.3, 0.4) is 0 Å². The monoisotopic (exact) mass is 314 g/mol. The van der Waals surface area contributed by atoms with Crippen LogP contribution in [-0.4, -0.2) is 30.9 Å². The van der Waals surface area contributed by atoms with Gasteiger partial charge in [-0.05, 0) is 43.6 Å². The van der Waals surface area contributed by atoms with E-state index in [4.69, 9.17) is 0 Å². The highest BCUT2D eigenvalue weighted by molar-refractivity contribution is 5.79. The summed E-state index contributed by atoms with van der Waals surface area (Å²) in [4.78, 5) is 14.0. The summed E-state index contributed by atoms with van der Waals surface area (Å²) in [6.45, 7) is 5.26. The van der Waals surface area contributed by atoms with E-state index in [0.29, 0.717) is 11.5 Å². The SMILES string of the molecule is CC(C(=O)N(C)C(C)c1cccc(C(F)(F)F)c1)C1CNC1. The second kappa shape index (κ2) is 6.28. The molecule has 0 spiro atoms. The molecule has 1 aromatic carbocycles. The molecule has 22 heavy (non-hydrogen) atoms. The van der Waals surface area contributed by atoms with Crippen molar-refractivity contribution in [1.82, 2.24) is 10.2 Å². The van der Waals surface area contributed by atoms with E-state index in [0.717, 1.165) is 25.2 Å². The molecule has 3 nitrogen and oxygen atoms in total. The van der Waals surface area contributed by atoms with Crippen LogP contribution in [-0.2, 0) is 11.0 Å². The Bertz CT molecular complexity index is 540. The van der Waals surface area contributed by atoms with Gasteiger partial charge in [0.15, 0.2) is 0 Å². The van der Waals surface area contributed by atoms with Crippen molar-refractivity contribution in [3.05, 3.63) is 35.4 Å². The number of alkyl halides is 3. The molecule has 1 fully saturated rings. The first-order chi connectivity index (χ1) is 10.2. The molecular weight excluding hydrogens is 293 g/mol. The number of hydrogen-bond acceptors (Lipinski definition) is 2. The smallest absolute Gasteiger partial charge is 0.339 e. The molecule has 1 amide bonds. The van der Waals surface area contributed by atoms with Crippen molar-refractivity contribution >= 4 is 5.91 Å². The van der Waals surface area contributed by atoms with Gasteiger partial charge in [0.2, 0.25) is 5.91 Å². The van der Waals surface area contributed by atoms with E-state index in [1.165, 1.54) is 6.07 Å². The van der Waals surface area contributed by atoms with Crippen LogP contribution in [0.4, 0.5) is 13.2 Å². The summed E-state index contributed by atoms with van der Waals surface area (Å²) in [5.74, 6) is 0.152. The van der Waals surface area contributed by atoms with Crippen molar-refractivity contribution in [2.75, 3.05) is 20.1 Å². The molecule has 1 aromatic rings. The van der Waals surface area contributed by atoms with Crippen LogP contribution in [0.25, 0.3) is 0 Å². The molecule has 1 aliphatic heterocycles. The van der Waals surface area contributed by atoms with E-state index in [1.54, 1.807) is 24.9 Å². The highest BCUT2D eigenvalue weighted by atomic mass is 19.4. The van der Waals surface area contributed by atoms with Crippen LogP contribution >= 0.6 is 0 Å². The maximum Gasteiger partial charge on any atom is 0.416 e. The third-order valence-electron chi connectivity index (χ3n) is 4.53. The fraction of sp³-hybridized carbons (Fsp3) is 0.562. The Kier molecular flexibility index (Phi) is 4.80. The number of nitrogens with zero attached hydrogens (tertiary/aromatic N) is 1. The number of carbonyl (C=O) groups is 1. The lowest BCUT2D eigenvalue weighted by Gasteiger charge is -2.36. The van der Waals surface area contributed by atoms with Gasteiger partial charge in [0.25, 0.3) is 0 Å². The second-order valence-electron chi connectivity index (χ2n) is 5.96. The van der Waals surface area contributed by atoms with Crippen LogP contribution in [0.1, 0.15) is 31.0 Å². The molecule has 0 radical (unpaired) electrons. The fourth-order valence-corrected chi connectivity index (χ4v) is 2.58. The summed E-state index contributed by atoms with van der Waals surface area (Å²) >= 11 is 0. The molecule has 0 aromatic heterocycles. The van der Waals surface area contributed by atoms with Crippen molar-refractivity contribution in [2.24, 2.45) is 11.8 Å². The van der Waals surface area contributed by atoms with Gasteiger partial charge in [0.1, 0.15) is 0 Å². The topological polar surface area (TPSA) is 32.3 Å². The predicted molar refractivity (Wildman–Crippen MR) is 78.2 cm³/mol. The lowest BCUT2D eigenvalue weighted by molar-refractivity contribution is -0.138. The molecule has 0 aliphatic carbocycles. The average molecular weight is 314 g/mol. The summed E-state index contributed by atoms with van der Waals surface area (Å²) in [6.07, 6.45) is -4.37. The first kappa shape index (κ1) is 16.8. The van der Waals surface area contributed by atoms with Gasteiger partial charge in [-0.2, -0.15) is 13.2 Å². The fourth-order valence-electron chi connectivity index (χ4n) is 2.58. The Morgan fingerprint density at radius 3 is 2.45 bits per heavy atom. The first-order valence-electron chi connectivity index (χ1n) is 7.36. The number of rotatable bonds is 4. The van der Waals surface area contributed by atoms with Gasteiger partial charge in [-0.1, -0.05) is 19.1 Å². The van der Waals surface area contributed by atoms with E-state index in [-0.39, 0.29) is 11.8 Å². The Morgan fingerprint density at radius 2 is 1.95 bits per heavy atom. The Labute approximate surface area is 128 Å². The van der Waals surface area contributed by atoms with Crippen molar-refractivity contribution in [2.45, 2.75) is 26.1 Å². The lowest BCUT2D eigenvalue weighted by atomic mass is 9.87. The molecule has 1 aliphatic rings. The summed E-state index contributed by atoms with van der Waals surface area (Å²) in [6, 6.07) is 4.77. The van der Waals surface area contributed by atoms with Crippen molar-refractivity contribution in [3.8, 4) is 0 Å². The molecule has 2 unspecified atom stereocenters. The van der Waals surface area contributed by atoms with Crippen molar-refractivity contribution in [3.63, 3.8) is 0 Å². The van der Waals surface area contributed by atoms with Gasteiger partial charge in [0.05, 0.1) is 11.6 Å². The Hall–Kier alpha value is -1.56. The van der Waals surface area contributed by atoms with E-state index in [2.05, 4.69) is 5.32 Å². The average Bonchev–Trinajstić information content (AvgIpc) is 2.42. The molecule has 0 saturated carbocycles. The minimum atomic E-state index is -4.37. The van der Waals surface area contributed by atoms with Gasteiger partial charge >= 0.3 is 6.18 Å². The summed E-state index contributed by atoms with van der Waals surface area (Å²) in [5, 5.41) is 3.13. The standard InChI is InChI=1S/C16H21F3N2O/c1-10(13-8-20-9-13)15(22)21(3)11(2)12-5-4-6-14(7-12)16(17,18)19/h4-7,10-11,13,20H,8-9H2,1-3H3. The molecule has 6 heteroatoms. The second-order valence-corrected chi connectivity index (χ2v) is 5.96. The molecule has 2 atom stereocenters. The highest BCUT2D eigenvalue weighted by Crippen LogP contribution is 2.32. The van der Waals surface area contributed by atoms with E-state index >= 15 is 0 Å². The van der Waals surface area contributed by atoms with Crippen LogP contribution in [0.15, 0.2) is 24.3 Å². The highest BCUT2D eigenvalue weighted by Gasteiger charge is 2.33. The summed E-state index contributed by atoms with van der Waals surface area (Å²) in [7, 11) is 1.65. The van der Waals surface area contributed by atoms with Crippen molar-refractivity contribution < 1.29 is 18.0 Å². The van der Waals surface area contributed by atoms with Crippen LogP contribution in [0.2, 0.25) is 0 Å². The quantitative estimate of drug-likeness (QED) is 0.926. The normalized spacial score (nSPS) is 18.5. The van der Waals surface area contributed by atoms with E-state index in [9.17, 15) is 18.0 Å². The zero-order chi connectivity index (χ0) is 16.5. The number of nitrogens with one attached hydrogen (secondary N) is 1. The number of hydrogen-bond donors (Lipinski definition) is 1. The molecule has 1 N–H and O–H groups in total. The number of benzene rings is 1. The minimum Gasteiger partial charge on any atom is -0.339 e. The molecular formula is C16H21F3N2O. The predicted octanol–water partition coefficient (Wildman–Crippen LogP) is 3.08. The van der Waals surface area contributed by atoms with Gasteiger partial charge in [-0.15, -0.1) is 0 Å². The summed E-state index contributed by atoms with van der Waals surface area (Å²) in [5.41, 5.74) is -0.196. The largest absolute Gasteiger partial charge is 0.416 e. The maximum atomic E-state index is 12.8. The van der Waals surface area contributed by atoms with Gasteiger partial charge in [0, 0.05) is 13.0 Å². The number of amides is 1. The molecule has 0 bridgehead atoms. The number of halogens is 3. The molecule has 1 heterocycles. The third-order valence-corrected chi connectivity index (χ3v) is 4.53. The zero-order valence-corrected chi connectivity index (χ0v) is 12.9. The van der Waals surface area contributed by atoms with E-state index in [1.807, 2.05) is 6.92 Å². The Morgan fingerprint density at radius 1 is 1.32 bits per heavy atom. The van der Waals surface area contributed by atoms with Gasteiger partial charge in [-0.3, -0.25) is 4.79 Å². The molecule has 2 rings (SSSR count). The lowest BCUT2D eigenvalue weighted by Crippen LogP contribution is -2.50.